The molecule has 7 nitrogen and oxygen atoms in total. The maximum Gasteiger partial charge on any atom is 0.308 e. The number of rotatable bonds is 8. The molecule has 0 N–H and O–H groups in total. The Morgan fingerprint density at radius 3 is 2.50 bits per heavy atom. The second-order valence-corrected chi connectivity index (χ2v) is 10.3. The van der Waals surface area contributed by atoms with E-state index in [2.05, 4.69) is 11.6 Å². The average molecular weight is 595 g/mol. The Balaban J connectivity index is 2.05. The molecule has 0 fully saturated rings. The van der Waals surface area contributed by atoms with E-state index in [1.54, 1.807) is 44.2 Å². The summed E-state index contributed by atoms with van der Waals surface area (Å²) in [4.78, 5) is 18.7. The van der Waals surface area contributed by atoms with Crippen LogP contribution in [-0.4, -0.2) is 51.2 Å². The SMILES string of the molecule is C=C(C)C(F)(F)C1=C(C)CN=C2C(CC(=O)OCC)O[C@H](c3cc(Cl)cc(OC)c3OC)c3cc(Cl)ccc3N21. The van der Waals surface area contributed by atoms with Gasteiger partial charge in [0.1, 0.15) is 18.0 Å². The summed E-state index contributed by atoms with van der Waals surface area (Å²) < 4.78 is 54.8. The van der Waals surface area contributed by atoms with Crippen LogP contribution in [0.2, 0.25) is 10.0 Å². The first kappa shape index (κ1) is 29.8. The first-order valence-electron chi connectivity index (χ1n) is 12.5. The molecule has 214 valence electrons. The van der Waals surface area contributed by atoms with Gasteiger partial charge in [-0.3, -0.25) is 14.7 Å². The maximum atomic E-state index is 15.9. The minimum Gasteiger partial charge on any atom is -0.493 e. The Morgan fingerprint density at radius 2 is 1.88 bits per heavy atom. The van der Waals surface area contributed by atoms with Crippen LogP contribution in [0.15, 0.2) is 58.7 Å². The molecular formula is C29H30Cl2F2N2O5. The van der Waals surface area contributed by atoms with Crippen molar-refractivity contribution in [2.24, 2.45) is 4.99 Å². The summed E-state index contributed by atoms with van der Waals surface area (Å²) in [5, 5.41) is 0.667. The Morgan fingerprint density at radius 1 is 1.18 bits per heavy atom. The van der Waals surface area contributed by atoms with Crippen molar-refractivity contribution in [3.05, 3.63) is 74.9 Å². The number of nitrogens with zero attached hydrogens (tertiary/aromatic N) is 2. The number of carbonyl (C=O) groups is 1. The van der Waals surface area contributed by atoms with Gasteiger partial charge in [-0.2, -0.15) is 8.78 Å². The molecule has 2 aromatic rings. The number of esters is 1. The molecule has 0 spiro atoms. The number of allylic oxidation sites excluding steroid dienone is 1. The maximum absolute atomic E-state index is 15.9. The van der Waals surface area contributed by atoms with Gasteiger partial charge in [0.05, 0.1) is 45.2 Å². The van der Waals surface area contributed by atoms with E-state index in [-0.39, 0.29) is 36.7 Å². The normalized spacial score (nSPS) is 18.8. The first-order valence-corrected chi connectivity index (χ1v) is 13.3. The Labute approximate surface area is 242 Å². The molecule has 40 heavy (non-hydrogen) atoms. The van der Waals surface area contributed by atoms with Gasteiger partial charge in [-0.15, -0.1) is 0 Å². The smallest absolute Gasteiger partial charge is 0.308 e. The van der Waals surface area contributed by atoms with Gasteiger partial charge in [-0.05, 0) is 56.2 Å². The molecule has 0 amide bonds. The molecule has 2 heterocycles. The van der Waals surface area contributed by atoms with E-state index in [9.17, 15) is 4.79 Å². The lowest BCUT2D eigenvalue weighted by Gasteiger charge is -2.38. The highest BCUT2D eigenvalue weighted by atomic mass is 35.5. The quantitative estimate of drug-likeness (QED) is 0.239. The van der Waals surface area contributed by atoms with Gasteiger partial charge >= 0.3 is 11.9 Å². The molecule has 0 aliphatic carbocycles. The molecule has 1 unspecified atom stereocenters. The van der Waals surface area contributed by atoms with Gasteiger partial charge < -0.3 is 18.9 Å². The number of aliphatic imine (C=N–C) groups is 1. The number of alkyl halides is 2. The Kier molecular flexibility index (Phi) is 8.77. The molecule has 2 atom stereocenters. The van der Waals surface area contributed by atoms with Crippen LogP contribution in [0.25, 0.3) is 0 Å². The number of ether oxygens (including phenoxy) is 4. The third-order valence-electron chi connectivity index (χ3n) is 6.68. The van der Waals surface area contributed by atoms with Crippen molar-refractivity contribution in [1.29, 1.82) is 0 Å². The molecular weight excluding hydrogens is 565 g/mol. The van der Waals surface area contributed by atoms with Gasteiger partial charge in [-0.25, -0.2) is 0 Å². The molecule has 0 bridgehead atoms. The van der Waals surface area contributed by atoms with E-state index in [0.29, 0.717) is 43.9 Å². The number of hydrogen-bond acceptors (Lipinski definition) is 7. The van der Waals surface area contributed by atoms with Crippen molar-refractivity contribution in [1.82, 2.24) is 0 Å². The number of methoxy groups -OCH3 is 2. The summed E-state index contributed by atoms with van der Waals surface area (Å²) in [5.74, 6) is -3.21. The summed E-state index contributed by atoms with van der Waals surface area (Å²) >= 11 is 12.9. The van der Waals surface area contributed by atoms with E-state index in [0.717, 1.165) is 0 Å². The fourth-order valence-electron chi connectivity index (χ4n) is 4.89. The average Bonchev–Trinajstić information content (AvgIpc) is 3.02. The lowest BCUT2D eigenvalue weighted by atomic mass is 9.95. The molecule has 0 saturated carbocycles. The Bertz CT molecular complexity index is 1410. The number of anilines is 1. The zero-order chi connectivity index (χ0) is 29.4. The standard InChI is InChI=1S/C29H30Cl2F2N2O5/c1-7-39-24(36)13-23-28-34-14-16(4)27(29(32,33)15(2)3)35(28)21-9-8-17(30)10-19(21)25(40-23)20-11-18(31)12-22(37-5)26(20)38-6/h8-12,23,25H,2,7,13-14H2,1,3-6H3/t23?,25-/m0/s1. The topological polar surface area (TPSA) is 69.6 Å². The molecule has 2 aromatic carbocycles. The zero-order valence-corrected chi connectivity index (χ0v) is 24.3. The summed E-state index contributed by atoms with van der Waals surface area (Å²) in [5.41, 5.74) is 0.909. The van der Waals surface area contributed by atoms with Gasteiger partial charge in [-0.1, -0.05) is 29.8 Å². The predicted octanol–water partition coefficient (Wildman–Crippen LogP) is 7.16. The van der Waals surface area contributed by atoms with E-state index in [4.69, 9.17) is 42.1 Å². The lowest BCUT2D eigenvalue weighted by Crippen LogP contribution is -2.47. The molecule has 11 heteroatoms. The van der Waals surface area contributed by atoms with Crippen LogP contribution in [0.4, 0.5) is 14.5 Å². The molecule has 0 saturated heterocycles. The van der Waals surface area contributed by atoms with Crippen LogP contribution in [0, 0.1) is 0 Å². The number of hydrogen-bond donors (Lipinski definition) is 0. The van der Waals surface area contributed by atoms with E-state index >= 15 is 8.78 Å². The van der Waals surface area contributed by atoms with Gasteiger partial charge in [0.15, 0.2) is 11.5 Å². The van der Waals surface area contributed by atoms with Crippen LogP contribution in [-0.2, 0) is 14.3 Å². The Hall–Kier alpha value is -3.14. The number of benzene rings is 2. The number of carbonyl (C=O) groups excluding carboxylic acids is 1. The highest BCUT2D eigenvalue weighted by Crippen LogP contribution is 2.50. The highest BCUT2D eigenvalue weighted by molar-refractivity contribution is 6.31. The monoisotopic (exact) mass is 594 g/mol. The van der Waals surface area contributed by atoms with Crippen molar-refractivity contribution < 1.29 is 32.5 Å². The van der Waals surface area contributed by atoms with E-state index < -0.39 is 24.1 Å². The van der Waals surface area contributed by atoms with E-state index in [1.807, 2.05) is 0 Å². The fraction of sp³-hybridized carbons (Fsp3) is 0.379. The summed E-state index contributed by atoms with van der Waals surface area (Å²) in [6.45, 7) is 8.21. The largest absolute Gasteiger partial charge is 0.493 e. The second kappa shape index (κ2) is 11.8. The fourth-order valence-corrected chi connectivity index (χ4v) is 5.29. The molecule has 4 rings (SSSR count). The van der Waals surface area contributed by atoms with Crippen LogP contribution in [0.1, 0.15) is 44.4 Å². The molecule has 0 aromatic heterocycles. The number of halogens is 4. The summed E-state index contributed by atoms with van der Waals surface area (Å²) in [7, 11) is 2.93. The second-order valence-electron chi connectivity index (χ2n) is 9.44. The van der Waals surface area contributed by atoms with Crippen LogP contribution < -0.4 is 14.4 Å². The van der Waals surface area contributed by atoms with Crippen molar-refractivity contribution in [3.63, 3.8) is 0 Å². The first-order chi connectivity index (χ1) is 18.9. The minimum absolute atomic E-state index is 0.0192. The third kappa shape index (κ3) is 5.42. The number of amidine groups is 1. The third-order valence-corrected chi connectivity index (χ3v) is 7.14. The number of fused-ring (bicyclic) bond motifs is 3. The van der Waals surface area contributed by atoms with Crippen LogP contribution in [0.5, 0.6) is 11.5 Å². The minimum atomic E-state index is -3.42. The summed E-state index contributed by atoms with van der Waals surface area (Å²) in [6.07, 6.45) is -2.36. The van der Waals surface area contributed by atoms with E-state index in [1.165, 1.54) is 26.0 Å². The lowest BCUT2D eigenvalue weighted by molar-refractivity contribution is -0.145. The van der Waals surface area contributed by atoms with Crippen LogP contribution in [0.3, 0.4) is 0 Å². The molecule has 2 aliphatic heterocycles. The molecule has 0 radical (unpaired) electrons. The van der Waals surface area contributed by atoms with Crippen molar-refractivity contribution >= 4 is 40.7 Å². The van der Waals surface area contributed by atoms with Crippen LogP contribution >= 0.6 is 23.2 Å². The van der Waals surface area contributed by atoms with Crippen molar-refractivity contribution in [2.75, 3.05) is 32.3 Å². The van der Waals surface area contributed by atoms with Crippen molar-refractivity contribution in [3.8, 4) is 11.5 Å². The van der Waals surface area contributed by atoms with Crippen molar-refractivity contribution in [2.45, 2.75) is 45.3 Å². The van der Waals surface area contributed by atoms with Gasteiger partial charge in [0.25, 0.3) is 0 Å². The summed E-state index contributed by atoms with van der Waals surface area (Å²) in [6, 6.07) is 8.06. The van der Waals surface area contributed by atoms with Gasteiger partial charge in [0.2, 0.25) is 0 Å². The van der Waals surface area contributed by atoms with Gasteiger partial charge in [0, 0.05) is 27.2 Å². The molecule has 2 aliphatic rings. The highest BCUT2D eigenvalue weighted by Gasteiger charge is 2.48. The zero-order valence-electron chi connectivity index (χ0n) is 22.8. The predicted molar refractivity (Wildman–Crippen MR) is 151 cm³/mol.